The van der Waals surface area contributed by atoms with E-state index in [2.05, 4.69) is 15.6 Å². The second kappa shape index (κ2) is 5.84. The largest absolute Gasteiger partial charge is 0.334 e. The number of carbonyl (C=O) groups is 1. The fourth-order valence-corrected chi connectivity index (χ4v) is 2.15. The molecule has 2 amide bonds. The van der Waals surface area contributed by atoms with Gasteiger partial charge in [-0.25, -0.2) is 9.78 Å². The maximum atomic E-state index is 11.6. The normalized spacial score (nSPS) is 10.1. The van der Waals surface area contributed by atoms with Crippen LogP contribution in [0.1, 0.15) is 11.3 Å². The number of thiazole rings is 1. The molecule has 0 radical (unpaired) electrons. The fraction of sp³-hybridized carbons (Fsp3) is 0.167. The summed E-state index contributed by atoms with van der Waals surface area (Å²) in [4.78, 5) is 15.7. The maximum Gasteiger partial charge on any atom is 0.321 e. The molecule has 94 valence electrons. The molecule has 0 saturated heterocycles. The zero-order valence-electron chi connectivity index (χ0n) is 9.74. The zero-order chi connectivity index (χ0) is 13.0. The van der Waals surface area contributed by atoms with Crippen molar-refractivity contribution in [3.63, 3.8) is 0 Å². The molecule has 0 aliphatic rings. The number of amides is 2. The minimum atomic E-state index is -0.265. The number of urea groups is 1. The molecule has 18 heavy (non-hydrogen) atoms. The highest BCUT2D eigenvalue weighted by Crippen LogP contribution is 2.14. The molecular weight excluding hydrogens is 270 g/mol. The summed E-state index contributed by atoms with van der Waals surface area (Å²) in [5.41, 5.74) is 1.89. The molecule has 1 heterocycles. The minimum Gasteiger partial charge on any atom is -0.334 e. The van der Waals surface area contributed by atoms with E-state index in [4.69, 9.17) is 11.6 Å². The highest BCUT2D eigenvalue weighted by Gasteiger charge is 2.04. The van der Waals surface area contributed by atoms with Crippen LogP contribution >= 0.6 is 22.9 Å². The Kier molecular flexibility index (Phi) is 4.17. The number of halogens is 1. The number of hydrogen-bond acceptors (Lipinski definition) is 3. The third kappa shape index (κ3) is 3.72. The van der Waals surface area contributed by atoms with Gasteiger partial charge in [-0.2, -0.15) is 0 Å². The molecule has 0 spiro atoms. The third-order valence-corrected chi connectivity index (χ3v) is 3.33. The van der Waals surface area contributed by atoms with E-state index in [1.165, 1.54) is 11.3 Å². The molecule has 4 nitrogen and oxygen atoms in total. The van der Waals surface area contributed by atoms with Crippen LogP contribution in [0.5, 0.6) is 0 Å². The van der Waals surface area contributed by atoms with Crippen LogP contribution in [0.25, 0.3) is 0 Å². The van der Waals surface area contributed by atoms with Crippen molar-refractivity contribution < 1.29 is 4.79 Å². The number of hydrogen-bond donors (Lipinski definition) is 2. The molecule has 1 aromatic carbocycles. The zero-order valence-corrected chi connectivity index (χ0v) is 11.3. The van der Waals surface area contributed by atoms with Crippen molar-refractivity contribution in [1.82, 2.24) is 10.3 Å². The number of nitrogens with zero attached hydrogens (tertiary/aromatic N) is 1. The lowest BCUT2D eigenvalue weighted by Crippen LogP contribution is -2.28. The van der Waals surface area contributed by atoms with Crippen molar-refractivity contribution in [3.05, 3.63) is 45.9 Å². The van der Waals surface area contributed by atoms with Gasteiger partial charge in [-0.05, 0) is 24.6 Å². The predicted octanol–water partition coefficient (Wildman–Crippen LogP) is 3.43. The van der Waals surface area contributed by atoms with Gasteiger partial charge in [-0.3, -0.25) is 5.32 Å². The molecule has 0 unspecified atom stereocenters. The van der Waals surface area contributed by atoms with Crippen molar-refractivity contribution in [2.45, 2.75) is 13.5 Å². The van der Waals surface area contributed by atoms with Gasteiger partial charge in [0.1, 0.15) is 0 Å². The first-order valence-electron chi connectivity index (χ1n) is 5.35. The summed E-state index contributed by atoms with van der Waals surface area (Å²) in [6.45, 7) is 2.33. The van der Waals surface area contributed by atoms with E-state index < -0.39 is 0 Å². The van der Waals surface area contributed by atoms with Crippen molar-refractivity contribution in [3.8, 4) is 0 Å². The van der Waals surface area contributed by atoms with Crippen molar-refractivity contribution in [2.24, 2.45) is 0 Å². The Morgan fingerprint density at radius 3 is 2.72 bits per heavy atom. The van der Waals surface area contributed by atoms with Gasteiger partial charge in [0.15, 0.2) is 5.13 Å². The summed E-state index contributed by atoms with van der Waals surface area (Å²) in [6.07, 6.45) is 0. The monoisotopic (exact) mass is 281 g/mol. The smallest absolute Gasteiger partial charge is 0.321 e. The lowest BCUT2D eigenvalue weighted by Gasteiger charge is -2.05. The van der Waals surface area contributed by atoms with Crippen molar-refractivity contribution in [2.75, 3.05) is 5.32 Å². The molecular formula is C12H12ClN3OS. The Labute approximate surface area is 114 Å². The number of anilines is 1. The Morgan fingerprint density at radius 2 is 2.11 bits per heavy atom. The van der Waals surface area contributed by atoms with Crippen molar-refractivity contribution >= 4 is 34.1 Å². The number of benzene rings is 1. The Balaban J connectivity index is 1.83. The molecule has 0 aliphatic carbocycles. The van der Waals surface area contributed by atoms with Crippen LogP contribution in [-0.2, 0) is 6.54 Å². The SMILES string of the molecule is Cc1csc(NC(=O)NCc2ccc(Cl)cc2)n1. The van der Waals surface area contributed by atoms with E-state index >= 15 is 0 Å². The topological polar surface area (TPSA) is 54.0 Å². The first-order chi connectivity index (χ1) is 8.63. The summed E-state index contributed by atoms with van der Waals surface area (Å²) < 4.78 is 0. The summed E-state index contributed by atoms with van der Waals surface area (Å²) >= 11 is 7.18. The molecule has 0 atom stereocenters. The molecule has 0 fully saturated rings. The predicted molar refractivity (Wildman–Crippen MR) is 74.2 cm³/mol. The molecule has 1 aromatic heterocycles. The Morgan fingerprint density at radius 1 is 1.39 bits per heavy atom. The van der Waals surface area contributed by atoms with Crippen LogP contribution in [0.3, 0.4) is 0 Å². The van der Waals surface area contributed by atoms with Crippen molar-refractivity contribution in [1.29, 1.82) is 0 Å². The van der Waals surface area contributed by atoms with E-state index in [1.807, 2.05) is 24.4 Å². The van der Waals surface area contributed by atoms with Gasteiger partial charge in [-0.15, -0.1) is 11.3 Å². The Hall–Kier alpha value is -1.59. The van der Waals surface area contributed by atoms with Crippen LogP contribution in [0.4, 0.5) is 9.93 Å². The average Bonchev–Trinajstić information content (AvgIpc) is 2.74. The highest BCUT2D eigenvalue weighted by atomic mass is 35.5. The van der Waals surface area contributed by atoms with Gasteiger partial charge in [0.05, 0.1) is 5.69 Å². The second-order valence-corrected chi connectivity index (χ2v) is 5.02. The molecule has 0 aliphatic heterocycles. The van der Waals surface area contributed by atoms with Crippen LogP contribution in [0.15, 0.2) is 29.6 Å². The average molecular weight is 282 g/mol. The lowest BCUT2D eigenvalue weighted by molar-refractivity contribution is 0.251. The first-order valence-corrected chi connectivity index (χ1v) is 6.60. The van der Waals surface area contributed by atoms with Gasteiger partial charge >= 0.3 is 6.03 Å². The molecule has 0 bridgehead atoms. The molecule has 2 rings (SSSR count). The number of carbonyl (C=O) groups excluding carboxylic acids is 1. The van der Waals surface area contributed by atoms with Crippen LogP contribution in [-0.4, -0.2) is 11.0 Å². The summed E-state index contributed by atoms with van der Waals surface area (Å²) in [7, 11) is 0. The van der Waals surface area contributed by atoms with Crippen LogP contribution in [0.2, 0.25) is 5.02 Å². The first kappa shape index (κ1) is 12.9. The summed E-state index contributed by atoms with van der Waals surface area (Å²) in [6, 6.07) is 7.06. The highest BCUT2D eigenvalue weighted by molar-refractivity contribution is 7.13. The van der Waals surface area contributed by atoms with E-state index in [0.717, 1.165) is 11.3 Å². The quantitative estimate of drug-likeness (QED) is 0.906. The number of aryl methyl sites for hydroxylation is 1. The van der Waals surface area contributed by atoms with E-state index in [1.54, 1.807) is 12.1 Å². The summed E-state index contributed by atoms with van der Waals surface area (Å²) in [5, 5.41) is 8.59. The standard InChI is InChI=1S/C12H12ClN3OS/c1-8-7-18-12(15-8)16-11(17)14-6-9-2-4-10(13)5-3-9/h2-5,7H,6H2,1H3,(H2,14,15,16,17). The number of rotatable bonds is 3. The van der Waals surface area contributed by atoms with Crippen LogP contribution in [0, 0.1) is 6.92 Å². The van der Waals surface area contributed by atoms with Gasteiger partial charge < -0.3 is 5.32 Å². The van der Waals surface area contributed by atoms with Gasteiger partial charge in [0, 0.05) is 16.9 Å². The number of nitrogens with one attached hydrogen (secondary N) is 2. The third-order valence-electron chi connectivity index (χ3n) is 2.21. The van der Waals surface area contributed by atoms with E-state index in [0.29, 0.717) is 16.7 Å². The molecule has 2 aromatic rings. The van der Waals surface area contributed by atoms with Crippen LogP contribution < -0.4 is 10.6 Å². The van der Waals surface area contributed by atoms with Gasteiger partial charge in [0.2, 0.25) is 0 Å². The molecule has 2 N–H and O–H groups in total. The van der Waals surface area contributed by atoms with Gasteiger partial charge in [0.25, 0.3) is 0 Å². The molecule has 6 heteroatoms. The molecule has 0 saturated carbocycles. The van der Waals surface area contributed by atoms with E-state index in [-0.39, 0.29) is 6.03 Å². The number of aromatic nitrogens is 1. The lowest BCUT2D eigenvalue weighted by atomic mass is 10.2. The second-order valence-electron chi connectivity index (χ2n) is 3.73. The minimum absolute atomic E-state index is 0.265. The summed E-state index contributed by atoms with van der Waals surface area (Å²) in [5.74, 6) is 0. The Bertz CT molecular complexity index is 539. The maximum absolute atomic E-state index is 11.6. The van der Waals surface area contributed by atoms with E-state index in [9.17, 15) is 4.79 Å². The van der Waals surface area contributed by atoms with Gasteiger partial charge in [-0.1, -0.05) is 23.7 Å². The fourth-order valence-electron chi connectivity index (χ4n) is 1.34.